The summed E-state index contributed by atoms with van der Waals surface area (Å²) in [6.07, 6.45) is 0.823. The van der Waals surface area contributed by atoms with Crippen LogP contribution in [0, 0.1) is 0 Å². The van der Waals surface area contributed by atoms with Gasteiger partial charge in [0.05, 0.1) is 5.41 Å². The highest BCUT2D eigenvalue weighted by atomic mass is 16.7. The Morgan fingerprint density at radius 3 is 1.34 bits per heavy atom. The van der Waals surface area contributed by atoms with Crippen molar-refractivity contribution >= 4 is 11.9 Å². The van der Waals surface area contributed by atoms with Crippen LogP contribution in [0.2, 0.25) is 0 Å². The van der Waals surface area contributed by atoms with Crippen molar-refractivity contribution in [1.29, 1.82) is 0 Å². The molecule has 2 unspecified atom stereocenters. The zero-order valence-electron chi connectivity index (χ0n) is 25.7. The predicted octanol–water partition coefficient (Wildman–Crippen LogP) is 4.78. The fraction of sp³-hybridized carbons (Fsp3) is 0.189. The van der Waals surface area contributed by atoms with Crippen LogP contribution in [0.4, 0.5) is 0 Å². The summed E-state index contributed by atoms with van der Waals surface area (Å²) in [5.74, 6) is 10.8. The van der Waals surface area contributed by atoms with Crippen LogP contribution >= 0.6 is 0 Å². The van der Waals surface area contributed by atoms with Crippen molar-refractivity contribution in [3.8, 4) is 22.6 Å². The molecule has 4 aromatic rings. The Kier molecular flexibility index (Phi) is 10.8. The van der Waals surface area contributed by atoms with E-state index in [1.54, 1.807) is 0 Å². The van der Waals surface area contributed by atoms with Gasteiger partial charge in [-0.25, -0.2) is 21.4 Å². The van der Waals surface area contributed by atoms with E-state index < -0.39 is 29.6 Å². The molecule has 10 heteroatoms. The van der Waals surface area contributed by atoms with Gasteiger partial charge in [0.1, 0.15) is 50.1 Å². The van der Waals surface area contributed by atoms with Gasteiger partial charge >= 0.3 is 11.9 Å². The number of benzene rings is 4. The Hall–Kier alpha value is -5.26. The smallest absolute Gasteiger partial charge is 0.330 e. The number of rotatable bonds is 16. The molecule has 0 saturated carbocycles. The van der Waals surface area contributed by atoms with E-state index in [1.165, 1.54) is 0 Å². The Bertz CT molecular complexity index is 1580. The standard InChI is InChI=1S/C37H36N2O8/c1-3-35(40)44-23-29(46-38)21-42-27-17-13-25(14-18-27)37(33-11-7-5-9-31(33)32-10-6-8-12-34(32)37)26-15-19-28(20-16-26)43-22-30(47-39)24-45-36(41)4-2/h3-20,29-30H,1-2,21-24,38-39H2. The van der Waals surface area contributed by atoms with E-state index in [0.29, 0.717) is 11.5 Å². The molecule has 0 amide bonds. The fourth-order valence-electron chi connectivity index (χ4n) is 5.73. The second-order valence-corrected chi connectivity index (χ2v) is 10.7. The van der Waals surface area contributed by atoms with Gasteiger partial charge in [0.2, 0.25) is 0 Å². The molecule has 0 aliphatic heterocycles. The van der Waals surface area contributed by atoms with Crippen molar-refractivity contribution in [2.45, 2.75) is 17.6 Å². The fourth-order valence-corrected chi connectivity index (χ4v) is 5.73. The summed E-state index contributed by atoms with van der Waals surface area (Å²) in [4.78, 5) is 32.7. The normalized spacial score (nSPS) is 13.7. The summed E-state index contributed by atoms with van der Waals surface area (Å²) < 4.78 is 21.9. The lowest BCUT2D eigenvalue weighted by molar-refractivity contribution is -0.143. The largest absolute Gasteiger partial charge is 0.491 e. The minimum Gasteiger partial charge on any atom is -0.491 e. The van der Waals surface area contributed by atoms with Gasteiger partial charge in [-0.15, -0.1) is 0 Å². The van der Waals surface area contributed by atoms with Gasteiger partial charge in [0.25, 0.3) is 0 Å². The Morgan fingerprint density at radius 1 is 0.596 bits per heavy atom. The molecule has 5 rings (SSSR count). The lowest BCUT2D eigenvalue weighted by Gasteiger charge is -2.34. The molecule has 47 heavy (non-hydrogen) atoms. The van der Waals surface area contributed by atoms with E-state index in [1.807, 2.05) is 72.8 Å². The third kappa shape index (κ3) is 7.11. The van der Waals surface area contributed by atoms with Gasteiger partial charge in [0, 0.05) is 12.2 Å². The number of hydrogen-bond acceptors (Lipinski definition) is 10. The van der Waals surface area contributed by atoms with Crippen LogP contribution in [0.5, 0.6) is 11.5 Å². The maximum absolute atomic E-state index is 11.4. The van der Waals surface area contributed by atoms with Crippen LogP contribution < -0.4 is 21.3 Å². The lowest BCUT2D eigenvalue weighted by Crippen LogP contribution is -2.31. The highest BCUT2D eigenvalue weighted by Crippen LogP contribution is 2.56. The molecule has 1 aliphatic rings. The van der Waals surface area contributed by atoms with E-state index in [0.717, 1.165) is 45.5 Å². The van der Waals surface area contributed by atoms with E-state index in [9.17, 15) is 9.59 Å². The van der Waals surface area contributed by atoms with E-state index in [4.69, 9.17) is 40.4 Å². The number of esters is 2. The molecule has 4 N–H and O–H groups in total. The maximum atomic E-state index is 11.4. The topological polar surface area (TPSA) is 142 Å². The third-order valence-corrected chi connectivity index (χ3v) is 7.94. The first kappa shape index (κ1) is 33.1. The summed E-state index contributed by atoms with van der Waals surface area (Å²) in [7, 11) is 0. The molecule has 0 radical (unpaired) electrons. The van der Waals surface area contributed by atoms with Gasteiger partial charge in [-0.1, -0.05) is 86.0 Å². The summed E-state index contributed by atoms with van der Waals surface area (Å²) in [5.41, 5.74) is 6.00. The monoisotopic (exact) mass is 636 g/mol. The molecule has 0 heterocycles. The molecule has 0 fully saturated rings. The molecule has 0 saturated heterocycles. The zero-order valence-corrected chi connectivity index (χ0v) is 25.7. The molecule has 2 atom stereocenters. The second kappa shape index (κ2) is 15.4. The molecule has 242 valence electrons. The Labute approximate surface area is 273 Å². The average Bonchev–Trinajstić information content (AvgIpc) is 3.43. The summed E-state index contributed by atoms with van der Waals surface area (Å²) >= 11 is 0. The lowest BCUT2D eigenvalue weighted by atomic mass is 9.68. The van der Waals surface area contributed by atoms with Gasteiger partial charge in [-0.3, -0.25) is 9.68 Å². The van der Waals surface area contributed by atoms with Crippen LogP contribution in [-0.2, 0) is 34.2 Å². The van der Waals surface area contributed by atoms with Gasteiger partial charge in [-0.2, -0.15) is 0 Å². The number of carbonyl (C=O) groups excluding carboxylic acids is 2. The average molecular weight is 637 g/mol. The highest BCUT2D eigenvalue weighted by Gasteiger charge is 2.45. The minimum atomic E-state index is -0.659. The number of ether oxygens (including phenoxy) is 4. The van der Waals surface area contributed by atoms with Crippen LogP contribution in [-0.4, -0.2) is 50.6 Å². The molecule has 0 aromatic heterocycles. The number of carbonyl (C=O) groups is 2. The molecule has 4 aromatic carbocycles. The molecule has 1 aliphatic carbocycles. The predicted molar refractivity (Wildman–Crippen MR) is 175 cm³/mol. The highest BCUT2D eigenvalue weighted by molar-refractivity contribution is 5.86. The Morgan fingerprint density at radius 2 is 0.979 bits per heavy atom. The van der Waals surface area contributed by atoms with E-state index in [2.05, 4.69) is 37.4 Å². The van der Waals surface area contributed by atoms with Crippen LogP contribution in [0.1, 0.15) is 22.3 Å². The van der Waals surface area contributed by atoms with Crippen LogP contribution in [0.15, 0.2) is 122 Å². The van der Waals surface area contributed by atoms with Crippen molar-refractivity contribution in [2.75, 3.05) is 26.4 Å². The van der Waals surface area contributed by atoms with Gasteiger partial charge in [0.15, 0.2) is 0 Å². The summed E-state index contributed by atoms with van der Waals surface area (Å²) in [5, 5.41) is 0. The van der Waals surface area contributed by atoms with Crippen molar-refractivity contribution in [3.63, 3.8) is 0 Å². The molecule has 0 bridgehead atoms. The van der Waals surface area contributed by atoms with E-state index in [-0.39, 0.29) is 26.4 Å². The summed E-state index contributed by atoms with van der Waals surface area (Å²) in [6, 6.07) is 32.6. The first-order valence-corrected chi connectivity index (χ1v) is 14.9. The first-order chi connectivity index (χ1) is 22.9. The molecular formula is C37H36N2O8. The van der Waals surface area contributed by atoms with Crippen molar-refractivity contribution in [2.24, 2.45) is 11.8 Å². The molecule has 0 spiro atoms. The number of nitrogens with two attached hydrogens (primary N) is 2. The third-order valence-electron chi connectivity index (χ3n) is 7.94. The van der Waals surface area contributed by atoms with E-state index >= 15 is 0 Å². The SMILES string of the molecule is C=CC(=O)OCC(COc1ccc(C2(c3ccc(OCC(COC(=O)C=C)ON)cc3)c3ccccc3-c3ccccc32)cc1)ON. The van der Waals surface area contributed by atoms with Crippen molar-refractivity contribution in [3.05, 3.63) is 145 Å². The van der Waals surface area contributed by atoms with Gasteiger partial charge in [-0.05, 0) is 57.6 Å². The maximum Gasteiger partial charge on any atom is 0.330 e. The van der Waals surface area contributed by atoms with Crippen LogP contribution in [0.25, 0.3) is 11.1 Å². The number of fused-ring (bicyclic) bond motifs is 3. The second-order valence-electron chi connectivity index (χ2n) is 10.7. The Balaban J connectivity index is 1.44. The van der Waals surface area contributed by atoms with Crippen molar-refractivity contribution in [1.82, 2.24) is 0 Å². The van der Waals surface area contributed by atoms with Crippen LogP contribution in [0.3, 0.4) is 0 Å². The number of hydrogen-bond donors (Lipinski definition) is 2. The molecular weight excluding hydrogens is 600 g/mol. The zero-order chi connectivity index (χ0) is 33.2. The van der Waals surface area contributed by atoms with Gasteiger partial charge < -0.3 is 18.9 Å². The molecule has 10 nitrogen and oxygen atoms in total. The van der Waals surface area contributed by atoms with Crippen molar-refractivity contribution < 1.29 is 38.2 Å². The first-order valence-electron chi connectivity index (χ1n) is 14.9. The summed E-state index contributed by atoms with van der Waals surface area (Å²) in [6.45, 7) is 6.77. The minimum absolute atomic E-state index is 0.0709. The quantitative estimate of drug-likeness (QED) is 0.0883.